The second-order valence-corrected chi connectivity index (χ2v) is 9.10. The molecular weight excluding hydrogens is 448 g/mol. The Morgan fingerprint density at radius 3 is 2.47 bits per heavy atom. The molecular formula is C28H27ClN2O3. The summed E-state index contributed by atoms with van der Waals surface area (Å²) in [6.45, 7) is 2.69. The molecule has 1 aliphatic heterocycles. The quantitative estimate of drug-likeness (QED) is 0.442. The predicted octanol–water partition coefficient (Wildman–Crippen LogP) is 5.89. The summed E-state index contributed by atoms with van der Waals surface area (Å²) >= 11 is 6.20. The summed E-state index contributed by atoms with van der Waals surface area (Å²) in [6.07, 6.45) is 4.01. The smallest absolute Gasteiger partial charge is 0.338 e. The number of methoxy groups -OCH3 is 1. The number of amides is 1. The van der Waals surface area contributed by atoms with Gasteiger partial charge in [-0.15, -0.1) is 0 Å². The topological polar surface area (TPSA) is 49.9 Å². The molecule has 0 aliphatic carbocycles. The Morgan fingerprint density at radius 2 is 1.76 bits per heavy atom. The zero-order chi connectivity index (χ0) is 24.4. The fraction of sp³-hybridized carbons (Fsp3) is 0.214. The van der Waals surface area contributed by atoms with Gasteiger partial charge in [0.05, 0.1) is 24.9 Å². The molecule has 0 aromatic heterocycles. The molecule has 0 spiro atoms. The number of fused-ring (bicyclic) bond motifs is 2. The molecule has 0 saturated heterocycles. The van der Waals surface area contributed by atoms with E-state index in [4.69, 9.17) is 16.3 Å². The Labute approximate surface area is 205 Å². The minimum atomic E-state index is -0.376. The minimum Gasteiger partial charge on any atom is -0.465 e. The Kier molecular flexibility index (Phi) is 6.87. The van der Waals surface area contributed by atoms with Crippen molar-refractivity contribution < 1.29 is 14.3 Å². The number of halogens is 1. The molecule has 0 fully saturated rings. The first kappa shape index (κ1) is 23.7. The van der Waals surface area contributed by atoms with Crippen LogP contribution in [0.4, 0.5) is 5.69 Å². The number of hydrogen-bond acceptors (Lipinski definition) is 4. The van der Waals surface area contributed by atoms with E-state index in [1.54, 1.807) is 17.9 Å². The van der Waals surface area contributed by atoms with Crippen molar-refractivity contribution in [1.82, 2.24) is 4.90 Å². The molecule has 0 unspecified atom stereocenters. The van der Waals surface area contributed by atoms with E-state index in [0.29, 0.717) is 17.1 Å². The van der Waals surface area contributed by atoms with Gasteiger partial charge < -0.3 is 14.5 Å². The number of hydrogen-bond donors (Lipinski definition) is 0. The molecule has 6 heteroatoms. The van der Waals surface area contributed by atoms with Crippen molar-refractivity contribution in [2.75, 3.05) is 26.1 Å². The molecule has 1 heterocycles. The number of rotatable bonds is 4. The molecule has 0 bridgehead atoms. The lowest BCUT2D eigenvalue weighted by molar-refractivity contribution is -0.116. The second-order valence-electron chi connectivity index (χ2n) is 8.66. The van der Waals surface area contributed by atoms with Crippen molar-refractivity contribution in [1.29, 1.82) is 0 Å². The summed E-state index contributed by atoms with van der Waals surface area (Å²) in [5.41, 5.74) is 6.93. The standard InChI is InChI=1S/C28H27ClN2O3/c1-18(32)31-17-23-14-21(8-6-20(23)7-9-22-15-24(29)10-12-27(22)31)25-11-5-19(16-30(2)3)13-26(25)28(33)34-4/h5-15H,16-17H2,1-4H3/b9-7-. The Balaban J connectivity index is 1.82. The fourth-order valence-electron chi connectivity index (χ4n) is 4.28. The van der Waals surface area contributed by atoms with Gasteiger partial charge in [0.15, 0.2) is 0 Å². The lowest BCUT2D eigenvalue weighted by atomic mass is 9.93. The van der Waals surface area contributed by atoms with Crippen LogP contribution in [-0.2, 0) is 22.6 Å². The first-order valence-corrected chi connectivity index (χ1v) is 11.4. The number of carbonyl (C=O) groups excluding carboxylic acids is 2. The van der Waals surface area contributed by atoms with Crippen LogP contribution in [0.3, 0.4) is 0 Å². The fourth-order valence-corrected chi connectivity index (χ4v) is 4.46. The predicted molar refractivity (Wildman–Crippen MR) is 138 cm³/mol. The van der Waals surface area contributed by atoms with Crippen LogP contribution in [0.25, 0.3) is 23.3 Å². The van der Waals surface area contributed by atoms with Gasteiger partial charge in [0.2, 0.25) is 5.91 Å². The van der Waals surface area contributed by atoms with Crippen LogP contribution >= 0.6 is 11.6 Å². The van der Waals surface area contributed by atoms with Crippen molar-refractivity contribution in [2.24, 2.45) is 0 Å². The third-order valence-corrected chi connectivity index (χ3v) is 6.11. The number of benzene rings is 3. The van der Waals surface area contributed by atoms with E-state index in [0.717, 1.165) is 45.6 Å². The van der Waals surface area contributed by atoms with Crippen LogP contribution < -0.4 is 4.90 Å². The van der Waals surface area contributed by atoms with E-state index in [-0.39, 0.29) is 11.9 Å². The molecule has 174 valence electrons. The van der Waals surface area contributed by atoms with E-state index < -0.39 is 0 Å². The first-order valence-electron chi connectivity index (χ1n) is 11.0. The molecule has 0 atom stereocenters. The third-order valence-electron chi connectivity index (χ3n) is 5.87. The highest BCUT2D eigenvalue weighted by Gasteiger charge is 2.20. The Bertz CT molecular complexity index is 1300. The molecule has 3 aromatic carbocycles. The van der Waals surface area contributed by atoms with Gasteiger partial charge in [0, 0.05) is 18.5 Å². The van der Waals surface area contributed by atoms with E-state index in [1.165, 1.54) is 7.11 Å². The summed E-state index contributed by atoms with van der Waals surface area (Å²) in [4.78, 5) is 29.0. The van der Waals surface area contributed by atoms with Gasteiger partial charge in [0.1, 0.15) is 0 Å². The highest BCUT2D eigenvalue weighted by molar-refractivity contribution is 6.30. The van der Waals surface area contributed by atoms with Gasteiger partial charge in [-0.3, -0.25) is 4.79 Å². The maximum atomic E-state index is 12.6. The van der Waals surface area contributed by atoms with Gasteiger partial charge in [-0.2, -0.15) is 0 Å². The Hall–Kier alpha value is -3.41. The average Bonchev–Trinajstić information content (AvgIpc) is 2.79. The van der Waals surface area contributed by atoms with Gasteiger partial charge >= 0.3 is 5.97 Å². The van der Waals surface area contributed by atoms with E-state index in [9.17, 15) is 9.59 Å². The van der Waals surface area contributed by atoms with Crippen LogP contribution in [0.15, 0.2) is 54.6 Å². The minimum absolute atomic E-state index is 0.0569. The first-order chi connectivity index (χ1) is 16.3. The maximum absolute atomic E-state index is 12.6. The highest BCUT2D eigenvalue weighted by atomic mass is 35.5. The molecule has 5 nitrogen and oxygen atoms in total. The van der Waals surface area contributed by atoms with E-state index in [2.05, 4.69) is 4.90 Å². The van der Waals surface area contributed by atoms with E-state index in [1.807, 2.05) is 74.8 Å². The van der Waals surface area contributed by atoms with Crippen molar-refractivity contribution >= 4 is 41.3 Å². The van der Waals surface area contributed by atoms with Crippen LogP contribution in [0.1, 0.15) is 39.5 Å². The monoisotopic (exact) mass is 474 g/mol. The number of ether oxygens (including phenoxy) is 1. The van der Waals surface area contributed by atoms with Gasteiger partial charge in [0.25, 0.3) is 0 Å². The largest absolute Gasteiger partial charge is 0.465 e. The summed E-state index contributed by atoms with van der Waals surface area (Å²) in [6, 6.07) is 17.5. The molecule has 0 radical (unpaired) electrons. The van der Waals surface area contributed by atoms with E-state index >= 15 is 0 Å². The molecule has 0 N–H and O–H groups in total. The molecule has 3 aromatic rings. The van der Waals surface area contributed by atoms with Crippen molar-refractivity contribution in [3.63, 3.8) is 0 Å². The van der Waals surface area contributed by atoms with Crippen LogP contribution in [0.5, 0.6) is 0 Å². The van der Waals surface area contributed by atoms with Gasteiger partial charge in [-0.25, -0.2) is 4.79 Å². The summed E-state index contributed by atoms with van der Waals surface area (Å²) < 4.78 is 5.08. The normalized spacial score (nSPS) is 13.5. The maximum Gasteiger partial charge on any atom is 0.338 e. The molecule has 0 saturated carbocycles. The summed E-state index contributed by atoms with van der Waals surface area (Å²) in [7, 11) is 5.37. The zero-order valence-corrected chi connectivity index (χ0v) is 20.5. The lowest BCUT2D eigenvalue weighted by Crippen LogP contribution is -2.29. The number of anilines is 1. The third kappa shape index (κ3) is 4.91. The SMILES string of the molecule is COC(=O)c1cc(CN(C)C)ccc1-c1ccc2c(c1)CN(C(C)=O)c1ccc(Cl)cc1/C=C\2. The molecule has 34 heavy (non-hydrogen) atoms. The second kappa shape index (κ2) is 9.84. The number of carbonyl (C=O) groups is 2. The zero-order valence-electron chi connectivity index (χ0n) is 19.8. The summed E-state index contributed by atoms with van der Waals surface area (Å²) in [5.74, 6) is -0.433. The number of nitrogens with zero attached hydrogens (tertiary/aromatic N) is 2. The lowest BCUT2D eigenvalue weighted by Gasteiger charge is -2.26. The molecule has 1 aliphatic rings. The number of esters is 1. The molecule has 4 rings (SSSR count). The van der Waals surface area contributed by atoms with Crippen molar-refractivity contribution in [2.45, 2.75) is 20.0 Å². The summed E-state index contributed by atoms with van der Waals surface area (Å²) in [5, 5.41) is 0.621. The van der Waals surface area contributed by atoms with Crippen LogP contribution in [0, 0.1) is 0 Å². The average molecular weight is 475 g/mol. The van der Waals surface area contributed by atoms with Crippen LogP contribution in [-0.4, -0.2) is 38.0 Å². The van der Waals surface area contributed by atoms with Crippen molar-refractivity contribution in [3.05, 3.63) is 87.4 Å². The highest BCUT2D eigenvalue weighted by Crippen LogP contribution is 2.34. The van der Waals surface area contributed by atoms with Crippen LogP contribution in [0.2, 0.25) is 5.02 Å². The van der Waals surface area contributed by atoms with Gasteiger partial charge in [-0.05, 0) is 77.8 Å². The molecule has 1 amide bonds. The van der Waals surface area contributed by atoms with Crippen molar-refractivity contribution in [3.8, 4) is 11.1 Å². The Morgan fingerprint density at radius 1 is 1.00 bits per heavy atom. The van der Waals surface area contributed by atoms with Gasteiger partial charge in [-0.1, -0.05) is 48.0 Å².